The summed E-state index contributed by atoms with van der Waals surface area (Å²) in [6.07, 6.45) is 0. The second kappa shape index (κ2) is 7.94. The highest BCUT2D eigenvalue weighted by Crippen LogP contribution is 2.20. The monoisotopic (exact) mass is 356 g/mol. The van der Waals surface area contributed by atoms with Crippen LogP contribution < -0.4 is 10.9 Å². The lowest BCUT2D eigenvalue weighted by atomic mass is 10.2. The molecule has 0 aliphatic heterocycles. The lowest BCUT2D eigenvalue weighted by molar-refractivity contribution is -0.119. The molecule has 0 saturated heterocycles. The lowest BCUT2D eigenvalue weighted by Crippen LogP contribution is -2.42. The first-order valence-corrected chi connectivity index (χ1v) is 7.75. The zero-order valence-electron chi connectivity index (χ0n) is 11.6. The van der Waals surface area contributed by atoms with Crippen LogP contribution in [0.1, 0.15) is 10.4 Å². The second-order valence-electron chi connectivity index (χ2n) is 4.35. The van der Waals surface area contributed by atoms with Crippen molar-refractivity contribution in [3.63, 3.8) is 0 Å². The van der Waals surface area contributed by atoms with E-state index in [0.717, 1.165) is 23.9 Å². The van der Waals surface area contributed by atoms with Gasteiger partial charge < -0.3 is 0 Å². The summed E-state index contributed by atoms with van der Waals surface area (Å²) in [6, 6.07) is 9.72. The van der Waals surface area contributed by atoms with E-state index in [-0.39, 0.29) is 16.3 Å². The van der Waals surface area contributed by atoms with Crippen molar-refractivity contribution in [3.05, 3.63) is 64.7 Å². The van der Waals surface area contributed by atoms with Crippen molar-refractivity contribution in [1.29, 1.82) is 0 Å². The molecule has 120 valence electrons. The van der Waals surface area contributed by atoms with E-state index in [1.54, 1.807) is 18.2 Å². The molecule has 4 nitrogen and oxygen atoms in total. The summed E-state index contributed by atoms with van der Waals surface area (Å²) in [5.41, 5.74) is 4.67. The third-order valence-electron chi connectivity index (χ3n) is 2.69. The fraction of sp³-hybridized carbons (Fsp3) is 0.0667. The number of halogens is 3. The van der Waals surface area contributed by atoms with E-state index >= 15 is 0 Å². The third-order valence-corrected chi connectivity index (χ3v) is 4.02. The Balaban J connectivity index is 1.82. The molecule has 0 aliphatic carbocycles. The van der Waals surface area contributed by atoms with Crippen molar-refractivity contribution in [2.75, 3.05) is 5.75 Å². The van der Waals surface area contributed by atoms with Crippen LogP contribution in [0.5, 0.6) is 0 Å². The average Bonchev–Trinajstić information content (AvgIpc) is 2.54. The normalized spacial score (nSPS) is 10.2. The number of hydrogen-bond acceptors (Lipinski definition) is 3. The van der Waals surface area contributed by atoms with E-state index in [1.807, 2.05) is 0 Å². The number of thioether (sulfide) groups is 1. The SMILES string of the molecule is O=C(CSc1ccc(F)c(F)c1)NNC(=O)c1ccccc1Cl. The summed E-state index contributed by atoms with van der Waals surface area (Å²) in [7, 11) is 0. The van der Waals surface area contributed by atoms with Crippen LogP contribution in [0, 0.1) is 11.6 Å². The van der Waals surface area contributed by atoms with E-state index in [9.17, 15) is 18.4 Å². The predicted molar refractivity (Wildman–Crippen MR) is 84.1 cm³/mol. The molecule has 2 N–H and O–H groups in total. The molecule has 0 heterocycles. The molecule has 0 aromatic heterocycles. The van der Waals surface area contributed by atoms with Gasteiger partial charge in [0.05, 0.1) is 16.3 Å². The second-order valence-corrected chi connectivity index (χ2v) is 5.80. The van der Waals surface area contributed by atoms with Gasteiger partial charge in [0.1, 0.15) is 0 Å². The smallest absolute Gasteiger partial charge is 0.271 e. The number of hydrazine groups is 1. The van der Waals surface area contributed by atoms with E-state index in [2.05, 4.69) is 10.9 Å². The maximum Gasteiger partial charge on any atom is 0.271 e. The van der Waals surface area contributed by atoms with Crippen LogP contribution in [0.15, 0.2) is 47.4 Å². The Morgan fingerprint density at radius 1 is 1.04 bits per heavy atom. The highest BCUT2D eigenvalue weighted by atomic mass is 35.5. The molecule has 2 aromatic rings. The summed E-state index contributed by atoms with van der Waals surface area (Å²) in [5, 5.41) is 0.260. The van der Waals surface area contributed by atoms with Crippen molar-refractivity contribution >= 4 is 35.2 Å². The van der Waals surface area contributed by atoms with Crippen molar-refractivity contribution in [2.45, 2.75) is 4.90 Å². The van der Waals surface area contributed by atoms with Gasteiger partial charge >= 0.3 is 0 Å². The number of benzene rings is 2. The highest BCUT2D eigenvalue weighted by Gasteiger charge is 2.11. The van der Waals surface area contributed by atoms with Gasteiger partial charge in [-0.3, -0.25) is 20.4 Å². The predicted octanol–water partition coefficient (Wildman–Crippen LogP) is 3.17. The van der Waals surface area contributed by atoms with E-state index in [4.69, 9.17) is 11.6 Å². The van der Waals surface area contributed by atoms with Crippen LogP contribution in [0.25, 0.3) is 0 Å². The number of rotatable bonds is 4. The number of carbonyl (C=O) groups excluding carboxylic acids is 2. The van der Waals surface area contributed by atoms with Crippen LogP contribution in [0.2, 0.25) is 5.02 Å². The molecular weight excluding hydrogens is 346 g/mol. The van der Waals surface area contributed by atoms with Crippen molar-refractivity contribution in [2.24, 2.45) is 0 Å². The summed E-state index contributed by atoms with van der Waals surface area (Å²) in [4.78, 5) is 23.9. The van der Waals surface area contributed by atoms with Crippen LogP contribution in [0.4, 0.5) is 8.78 Å². The minimum atomic E-state index is -0.984. The van der Waals surface area contributed by atoms with Crippen molar-refractivity contribution in [3.8, 4) is 0 Å². The van der Waals surface area contributed by atoms with Gasteiger partial charge in [-0.2, -0.15) is 0 Å². The van der Waals surface area contributed by atoms with Gasteiger partial charge in [-0.1, -0.05) is 23.7 Å². The zero-order chi connectivity index (χ0) is 16.8. The number of amides is 2. The van der Waals surface area contributed by atoms with Crippen molar-refractivity contribution in [1.82, 2.24) is 10.9 Å². The zero-order valence-corrected chi connectivity index (χ0v) is 13.2. The standard InChI is InChI=1S/C15H11ClF2N2O2S/c16-11-4-2-1-3-10(11)15(22)20-19-14(21)8-23-9-5-6-12(17)13(18)7-9/h1-7H,8H2,(H,19,21)(H,20,22). The molecule has 0 fully saturated rings. The van der Waals surface area contributed by atoms with Gasteiger partial charge in [0.2, 0.25) is 5.91 Å². The average molecular weight is 357 g/mol. The Bertz CT molecular complexity index is 743. The van der Waals surface area contributed by atoms with Gasteiger partial charge in [-0.05, 0) is 30.3 Å². The molecule has 0 saturated carbocycles. The Labute approximate surface area is 140 Å². The Morgan fingerprint density at radius 2 is 1.78 bits per heavy atom. The van der Waals surface area contributed by atoms with Gasteiger partial charge in [0, 0.05) is 4.90 Å². The summed E-state index contributed by atoms with van der Waals surface area (Å²) in [5.74, 6) is -3.07. The molecule has 2 aromatic carbocycles. The molecule has 0 radical (unpaired) electrons. The largest absolute Gasteiger partial charge is 0.272 e. The molecule has 2 rings (SSSR count). The minimum Gasteiger partial charge on any atom is -0.272 e. The van der Waals surface area contributed by atoms with E-state index < -0.39 is 23.4 Å². The van der Waals surface area contributed by atoms with E-state index in [1.165, 1.54) is 12.1 Å². The van der Waals surface area contributed by atoms with Gasteiger partial charge in [-0.15, -0.1) is 11.8 Å². The maximum absolute atomic E-state index is 13.0. The van der Waals surface area contributed by atoms with Gasteiger partial charge in [0.15, 0.2) is 11.6 Å². The number of hydrogen-bond donors (Lipinski definition) is 2. The Hall–Kier alpha value is -2.12. The molecule has 0 spiro atoms. The summed E-state index contributed by atoms with van der Waals surface area (Å²) < 4.78 is 25.8. The number of nitrogens with one attached hydrogen (secondary N) is 2. The summed E-state index contributed by atoms with van der Waals surface area (Å²) in [6.45, 7) is 0. The highest BCUT2D eigenvalue weighted by molar-refractivity contribution is 8.00. The first-order chi connectivity index (χ1) is 11.0. The molecule has 0 atom stereocenters. The fourth-order valence-corrected chi connectivity index (χ4v) is 2.53. The van der Waals surface area contributed by atoms with Crippen LogP contribution in [-0.2, 0) is 4.79 Å². The van der Waals surface area contributed by atoms with E-state index in [0.29, 0.717) is 4.90 Å². The molecular formula is C15H11ClF2N2O2S. The molecule has 23 heavy (non-hydrogen) atoms. The topological polar surface area (TPSA) is 58.2 Å². The first kappa shape index (κ1) is 17.2. The molecule has 8 heteroatoms. The first-order valence-electron chi connectivity index (χ1n) is 6.39. The quantitative estimate of drug-likeness (QED) is 0.653. The van der Waals surface area contributed by atoms with Crippen molar-refractivity contribution < 1.29 is 18.4 Å². The van der Waals surface area contributed by atoms with Gasteiger partial charge in [-0.25, -0.2) is 8.78 Å². The summed E-state index contributed by atoms with van der Waals surface area (Å²) >= 11 is 6.87. The number of carbonyl (C=O) groups is 2. The van der Waals surface area contributed by atoms with Gasteiger partial charge in [0.25, 0.3) is 5.91 Å². The fourth-order valence-electron chi connectivity index (χ4n) is 1.59. The molecule has 2 amide bonds. The van der Waals surface area contributed by atoms with Crippen LogP contribution in [0.3, 0.4) is 0 Å². The lowest BCUT2D eigenvalue weighted by Gasteiger charge is -2.08. The molecule has 0 bridgehead atoms. The molecule has 0 unspecified atom stereocenters. The Morgan fingerprint density at radius 3 is 2.48 bits per heavy atom. The van der Waals surface area contributed by atoms with Crippen LogP contribution in [-0.4, -0.2) is 17.6 Å². The maximum atomic E-state index is 13.0. The Kier molecular flexibility index (Phi) is 5.95. The van der Waals surface area contributed by atoms with Crippen LogP contribution >= 0.6 is 23.4 Å². The molecule has 0 aliphatic rings. The third kappa shape index (κ3) is 4.94. The minimum absolute atomic E-state index is 0.0755.